The van der Waals surface area contributed by atoms with E-state index in [9.17, 15) is 13.2 Å². The summed E-state index contributed by atoms with van der Waals surface area (Å²) in [5.41, 5.74) is 0. The highest BCUT2D eigenvalue weighted by Gasteiger charge is 2.17. The lowest BCUT2D eigenvalue weighted by Crippen LogP contribution is -2.22. The Hall–Kier alpha value is -1.09. The van der Waals surface area contributed by atoms with Crippen molar-refractivity contribution in [1.82, 2.24) is 0 Å². The van der Waals surface area contributed by atoms with Crippen molar-refractivity contribution in [3.05, 3.63) is 0 Å². The molecule has 0 saturated carbocycles. The van der Waals surface area contributed by atoms with Gasteiger partial charge in [-0.2, -0.15) is 5.26 Å². The molecule has 15 heavy (non-hydrogen) atoms. The Morgan fingerprint density at radius 1 is 1.47 bits per heavy atom. The van der Waals surface area contributed by atoms with Crippen molar-refractivity contribution in [3.8, 4) is 6.07 Å². The van der Waals surface area contributed by atoms with E-state index in [1.807, 2.05) is 13.8 Å². The molecule has 0 N–H and O–H groups in total. The molecule has 0 bridgehead atoms. The van der Waals surface area contributed by atoms with Gasteiger partial charge < -0.3 is 4.74 Å². The average molecular weight is 233 g/mol. The van der Waals surface area contributed by atoms with Crippen LogP contribution in [0.5, 0.6) is 0 Å². The number of esters is 1. The molecule has 0 aliphatic rings. The molecular formula is C9H15NO4S. The maximum absolute atomic E-state index is 11.2. The van der Waals surface area contributed by atoms with Crippen LogP contribution in [0.1, 0.15) is 20.3 Å². The van der Waals surface area contributed by atoms with E-state index < -0.39 is 21.6 Å². The Morgan fingerprint density at radius 2 is 2.07 bits per heavy atom. The summed E-state index contributed by atoms with van der Waals surface area (Å²) in [6.07, 6.45) is -0.0974. The molecule has 0 rings (SSSR count). The number of ether oxygens (including phenoxy) is 1. The molecule has 0 aromatic rings. The zero-order valence-electron chi connectivity index (χ0n) is 8.89. The first-order valence-corrected chi connectivity index (χ1v) is 6.42. The Balaban J connectivity index is 4.01. The third-order valence-electron chi connectivity index (χ3n) is 1.44. The van der Waals surface area contributed by atoms with Crippen molar-refractivity contribution in [1.29, 1.82) is 5.26 Å². The first-order chi connectivity index (χ1) is 6.87. The third-order valence-corrected chi connectivity index (χ3v) is 2.94. The van der Waals surface area contributed by atoms with E-state index in [0.717, 1.165) is 0 Å². The van der Waals surface area contributed by atoms with E-state index in [0.29, 0.717) is 0 Å². The molecule has 0 heterocycles. The van der Waals surface area contributed by atoms with Gasteiger partial charge >= 0.3 is 5.97 Å². The summed E-state index contributed by atoms with van der Waals surface area (Å²) in [5.74, 6) is -1.50. The van der Waals surface area contributed by atoms with Gasteiger partial charge in [-0.15, -0.1) is 0 Å². The van der Waals surface area contributed by atoms with Gasteiger partial charge in [0, 0.05) is 6.42 Å². The SMILES string of the molecule is CC(C)COC(=O)CS(=O)(=O)CCC#N. The summed E-state index contributed by atoms with van der Waals surface area (Å²) in [4.78, 5) is 11.0. The minimum atomic E-state index is -3.49. The van der Waals surface area contributed by atoms with Crippen LogP contribution < -0.4 is 0 Å². The van der Waals surface area contributed by atoms with Gasteiger partial charge in [-0.05, 0) is 5.92 Å². The smallest absolute Gasteiger partial charge is 0.321 e. The van der Waals surface area contributed by atoms with Crippen LogP contribution in [0.15, 0.2) is 0 Å². The van der Waals surface area contributed by atoms with Gasteiger partial charge in [0.05, 0.1) is 18.4 Å². The van der Waals surface area contributed by atoms with E-state index in [-0.39, 0.29) is 24.7 Å². The highest BCUT2D eigenvalue weighted by molar-refractivity contribution is 7.92. The van der Waals surface area contributed by atoms with Crippen LogP contribution >= 0.6 is 0 Å². The monoisotopic (exact) mass is 233 g/mol. The van der Waals surface area contributed by atoms with Crippen LogP contribution in [-0.2, 0) is 19.4 Å². The van der Waals surface area contributed by atoms with E-state index >= 15 is 0 Å². The predicted octanol–water partition coefficient (Wildman–Crippen LogP) is 0.514. The predicted molar refractivity (Wildman–Crippen MR) is 54.7 cm³/mol. The molecule has 0 aliphatic heterocycles. The van der Waals surface area contributed by atoms with E-state index in [4.69, 9.17) is 10.00 Å². The van der Waals surface area contributed by atoms with Gasteiger partial charge in [-0.1, -0.05) is 13.8 Å². The number of rotatable bonds is 6. The van der Waals surface area contributed by atoms with Crippen molar-refractivity contribution in [2.45, 2.75) is 20.3 Å². The highest BCUT2D eigenvalue weighted by Crippen LogP contribution is 1.98. The second-order valence-electron chi connectivity index (χ2n) is 3.58. The minimum absolute atomic E-state index is 0.0974. The normalized spacial score (nSPS) is 11.1. The summed E-state index contributed by atoms with van der Waals surface area (Å²) >= 11 is 0. The number of hydrogen-bond acceptors (Lipinski definition) is 5. The van der Waals surface area contributed by atoms with Crippen LogP contribution in [0.3, 0.4) is 0 Å². The second kappa shape index (κ2) is 6.40. The molecule has 0 aliphatic carbocycles. The summed E-state index contributed by atoms with van der Waals surface area (Å²) < 4.78 is 27.1. The van der Waals surface area contributed by atoms with E-state index in [1.165, 1.54) is 0 Å². The van der Waals surface area contributed by atoms with Crippen LogP contribution in [0, 0.1) is 17.2 Å². The fourth-order valence-electron chi connectivity index (χ4n) is 0.754. The van der Waals surface area contributed by atoms with Crippen LogP contribution in [0.2, 0.25) is 0 Å². The fourth-order valence-corrected chi connectivity index (χ4v) is 1.74. The summed E-state index contributed by atoms with van der Waals surface area (Å²) in [6, 6.07) is 1.72. The van der Waals surface area contributed by atoms with Crippen molar-refractivity contribution >= 4 is 15.8 Å². The number of nitriles is 1. The molecule has 0 atom stereocenters. The number of carbonyl (C=O) groups is 1. The molecular weight excluding hydrogens is 218 g/mol. The maximum atomic E-state index is 11.2. The van der Waals surface area contributed by atoms with Gasteiger partial charge in [0.2, 0.25) is 0 Å². The van der Waals surface area contributed by atoms with Crippen LogP contribution in [0.25, 0.3) is 0 Å². The van der Waals surface area contributed by atoms with Crippen molar-refractivity contribution in [2.75, 3.05) is 18.1 Å². The first kappa shape index (κ1) is 13.9. The Morgan fingerprint density at radius 3 is 2.53 bits per heavy atom. The molecule has 86 valence electrons. The number of hydrogen-bond donors (Lipinski definition) is 0. The summed E-state index contributed by atoms with van der Waals surface area (Å²) in [5, 5.41) is 8.21. The standard InChI is InChI=1S/C9H15NO4S/c1-8(2)6-14-9(11)7-15(12,13)5-3-4-10/h8H,3,5-7H2,1-2H3. The van der Waals surface area contributed by atoms with Gasteiger partial charge in [0.1, 0.15) is 5.75 Å². The molecule has 0 unspecified atom stereocenters. The van der Waals surface area contributed by atoms with Crippen molar-refractivity contribution in [3.63, 3.8) is 0 Å². The zero-order valence-corrected chi connectivity index (χ0v) is 9.71. The number of sulfone groups is 1. The molecule has 0 fully saturated rings. The molecule has 0 radical (unpaired) electrons. The molecule has 0 saturated heterocycles. The van der Waals surface area contributed by atoms with E-state index in [2.05, 4.69) is 0 Å². The Bertz CT molecular complexity index is 340. The lowest BCUT2D eigenvalue weighted by atomic mass is 10.2. The Labute approximate surface area is 90.0 Å². The van der Waals surface area contributed by atoms with Crippen LogP contribution in [0.4, 0.5) is 0 Å². The minimum Gasteiger partial charge on any atom is -0.465 e. The molecule has 5 nitrogen and oxygen atoms in total. The summed E-state index contributed by atoms with van der Waals surface area (Å²) in [7, 11) is -3.49. The van der Waals surface area contributed by atoms with Gasteiger partial charge in [-0.3, -0.25) is 4.79 Å². The third kappa shape index (κ3) is 7.94. The molecule has 6 heteroatoms. The second-order valence-corrected chi connectivity index (χ2v) is 5.76. The zero-order chi connectivity index (χ0) is 11.9. The summed E-state index contributed by atoms with van der Waals surface area (Å²) in [6.45, 7) is 3.93. The first-order valence-electron chi connectivity index (χ1n) is 4.60. The number of carbonyl (C=O) groups excluding carboxylic acids is 1. The van der Waals surface area contributed by atoms with Gasteiger partial charge in [-0.25, -0.2) is 8.42 Å². The molecule has 0 aromatic carbocycles. The fraction of sp³-hybridized carbons (Fsp3) is 0.778. The largest absolute Gasteiger partial charge is 0.465 e. The number of nitrogens with zero attached hydrogens (tertiary/aromatic N) is 1. The van der Waals surface area contributed by atoms with Crippen molar-refractivity contribution in [2.24, 2.45) is 5.92 Å². The topological polar surface area (TPSA) is 84.2 Å². The van der Waals surface area contributed by atoms with Crippen molar-refractivity contribution < 1.29 is 17.9 Å². The Kier molecular flexibility index (Phi) is 5.94. The lowest BCUT2D eigenvalue weighted by Gasteiger charge is -2.06. The molecule has 0 spiro atoms. The maximum Gasteiger partial charge on any atom is 0.321 e. The highest BCUT2D eigenvalue weighted by atomic mass is 32.2. The molecule has 0 aromatic heterocycles. The molecule has 0 amide bonds. The van der Waals surface area contributed by atoms with Crippen LogP contribution in [-0.4, -0.2) is 32.5 Å². The average Bonchev–Trinajstić information content (AvgIpc) is 2.11. The van der Waals surface area contributed by atoms with Gasteiger partial charge in [0.25, 0.3) is 0 Å². The lowest BCUT2D eigenvalue weighted by molar-refractivity contribution is -0.141. The quantitative estimate of drug-likeness (QED) is 0.624. The van der Waals surface area contributed by atoms with E-state index in [1.54, 1.807) is 6.07 Å². The van der Waals surface area contributed by atoms with Gasteiger partial charge in [0.15, 0.2) is 9.84 Å².